The molecule has 3 heterocycles. The molecule has 0 aliphatic heterocycles. The van der Waals surface area contributed by atoms with E-state index in [1.165, 1.54) is 14.2 Å². The van der Waals surface area contributed by atoms with Gasteiger partial charge in [-0.3, -0.25) is 0 Å². The van der Waals surface area contributed by atoms with E-state index in [1.54, 1.807) is 34.1 Å². The molecule has 1 saturated carbocycles. The average molecular weight is 521 g/mol. The minimum Gasteiger partial charge on any atom is -0.481 e. The molecule has 1 N–H and O–H groups in total. The van der Waals surface area contributed by atoms with Crippen LogP contribution in [0.25, 0.3) is 16.9 Å². The Morgan fingerprint density at radius 2 is 1.97 bits per heavy atom. The number of imidazole rings is 1. The second-order valence-electron chi connectivity index (χ2n) is 9.13. The predicted molar refractivity (Wildman–Crippen MR) is 130 cm³/mol. The van der Waals surface area contributed by atoms with E-state index in [4.69, 9.17) is 9.47 Å². The molecule has 0 unspecified atom stereocenters. The van der Waals surface area contributed by atoms with Crippen LogP contribution in [0.3, 0.4) is 0 Å². The molecule has 37 heavy (non-hydrogen) atoms. The van der Waals surface area contributed by atoms with Gasteiger partial charge in [-0.25, -0.2) is 19.7 Å². The monoisotopic (exact) mass is 520 g/mol. The minimum absolute atomic E-state index is 0.0914. The molecule has 0 bridgehead atoms. The number of ether oxygens (including phenoxy) is 2. The van der Waals surface area contributed by atoms with Crippen LogP contribution >= 0.6 is 0 Å². The molecule has 0 spiro atoms. The lowest BCUT2D eigenvalue weighted by molar-refractivity contribution is -0.136. The number of urea groups is 1. The Labute approximate surface area is 213 Å². The molecule has 2 amide bonds. The highest BCUT2D eigenvalue weighted by Crippen LogP contribution is 2.37. The zero-order chi connectivity index (χ0) is 26.7. The molecule has 9 nitrogen and oxygen atoms in total. The van der Waals surface area contributed by atoms with Gasteiger partial charge in [-0.2, -0.15) is 13.2 Å². The van der Waals surface area contributed by atoms with Gasteiger partial charge in [0.2, 0.25) is 5.88 Å². The Morgan fingerprint density at radius 3 is 2.59 bits per heavy atom. The van der Waals surface area contributed by atoms with E-state index in [-0.39, 0.29) is 12.3 Å². The molecule has 3 aromatic rings. The van der Waals surface area contributed by atoms with Crippen molar-refractivity contribution in [1.82, 2.24) is 29.6 Å². The lowest BCUT2D eigenvalue weighted by Gasteiger charge is -2.31. The van der Waals surface area contributed by atoms with Gasteiger partial charge in [0.25, 0.3) is 5.88 Å². The second kappa shape index (κ2) is 10.8. The molecule has 1 aliphatic carbocycles. The zero-order valence-electron chi connectivity index (χ0n) is 21.2. The zero-order valence-corrected chi connectivity index (χ0v) is 21.2. The summed E-state index contributed by atoms with van der Waals surface area (Å²) in [5.41, 5.74) is 2.41. The molecule has 0 radical (unpaired) electrons. The highest BCUT2D eigenvalue weighted by Gasteiger charge is 2.37. The molecule has 12 heteroatoms. The molecule has 0 saturated heterocycles. The largest absolute Gasteiger partial charge is 0.481 e. The first kappa shape index (κ1) is 26.5. The van der Waals surface area contributed by atoms with Crippen molar-refractivity contribution in [3.63, 3.8) is 0 Å². The van der Waals surface area contributed by atoms with Crippen LogP contribution in [-0.2, 0) is 0 Å². The number of amides is 2. The van der Waals surface area contributed by atoms with Crippen molar-refractivity contribution in [2.45, 2.75) is 57.8 Å². The van der Waals surface area contributed by atoms with Gasteiger partial charge in [0.05, 0.1) is 31.5 Å². The Bertz CT molecular complexity index is 1240. The number of hydrogen-bond acceptors (Lipinski definition) is 6. The number of nitrogens with one attached hydrogen (secondary N) is 1. The van der Waals surface area contributed by atoms with Gasteiger partial charge in [-0.05, 0) is 50.7 Å². The maximum atomic E-state index is 13.2. The lowest BCUT2D eigenvalue weighted by atomic mass is 10.0. The van der Waals surface area contributed by atoms with Crippen molar-refractivity contribution < 1.29 is 27.4 Å². The summed E-state index contributed by atoms with van der Waals surface area (Å²) in [5.74, 6) is 0.773. The summed E-state index contributed by atoms with van der Waals surface area (Å²) in [6.07, 6.45) is 3.18. The topological polar surface area (TPSA) is 93.9 Å². The number of pyridine rings is 1. The van der Waals surface area contributed by atoms with E-state index < -0.39 is 30.7 Å². The van der Waals surface area contributed by atoms with Gasteiger partial charge in [-0.15, -0.1) is 0 Å². The average Bonchev–Trinajstić information content (AvgIpc) is 3.61. The van der Waals surface area contributed by atoms with Crippen molar-refractivity contribution in [3.05, 3.63) is 36.4 Å². The van der Waals surface area contributed by atoms with Gasteiger partial charge in [-0.1, -0.05) is 0 Å². The van der Waals surface area contributed by atoms with Crippen LogP contribution in [0.4, 0.5) is 18.0 Å². The van der Waals surface area contributed by atoms with Gasteiger partial charge >= 0.3 is 12.2 Å². The van der Waals surface area contributed by atoms with Crippen LogP contribution in [0.1, 0.15) is 51.1 Å². The summed E-state index contributed by atoms with van der Waals surface area (Å²) in [4.78, 5) is 28.0. The number of halogens is 3. The molecular formula is C25H31F3N6O3. The highest BCUT2D eigenvalue weighted by molar-refractivity contribution is 5.75. The Morgan fingerprint density at radius 1 is 1.24 bits per heavy atom. The first-order chi connectivity index (χ1) is 17.6. The summed E-state index contributed by atoms with van der Waals surface area (Å²) < 4.78 is 51.1. The van der Waals surface area contributed by atoms with E-state index in [0.29, 0.717) is 35.2 Å². The fourth-order valence-corrected chi connectivity index (χ4v) is 4.47. The third-order valence-corrected chi connectivity index (χ3v) is 6.67. The van der Waals surface area contributed by atoms with Crippen LogP contribution in [-0.4, -0.2) is 63.3 Å². The number of alkyl halides is 3. The number of nitrogens with zero attached hydrogens (tertiary/aromatic N) is 5. The normalized spacial score (nSPS) is 15.3. The van der Waals surface area contributed by atoms with Crippen LogP contribution < -0.4 is 14.8 Å². The van der Waals surface area contributed by atoms with Crippen molar-refractivity contribution >= 4 is 11.7 Å². The van der Waals surface area contributed by atoms with Crippen LogP contribution in [0.5, 0.6) is 11.8 Å². The third kappa shape index (κ3) is 6.05. The maximum Gasteiger partial charge on any atom is 0.389 e. The minimum atomic E-state index is -4.25. The van der Waals surface area contributed by atoms with Crippen LogP contribution in [0, 0.1) is 5.92 Å². The molecule has 2 atom stereocenters. The number of carbonyl (C=O) groups excluding carboxylic acids is 1. The van der Waals surface area contributed by atoms with Gasteiger partial charge in [0.15, 0.2) is 5.65 Å². The van der Waals surface area contributed by atoms with Gasteiger partial charge in [0, 0.05) is 43.8 Å². The van der Waals surface area contributed by atoms with Gasteiger partial charge in [0.1, 0.15) is 0 Å². The van der Waals surface area contributed by atoms with E-state index >= 15 is 0 Å². The number of carbonyl (C=O) groups is 1. The maximum absolute atomic E-state index is 13.2. The van der Waals surface area contributed by atoms with E-state index in [9.17, 15) is 18.0 Å². The molecule has 4 rings (SSSR count). The molecule has 0 aromatic carbocycles. The van der Waals surface area contributed by atoms with E-state index in [2.05, 4.69) is 20.3 Å². The fraction of sp³-hybridized carbons (Fsp3) is 0.520. The number of aromatic nitrogens is 4. The Hall–Kier alpha value is -3.57. The SMILES string of the molecule is CCN(C(=O)N[C@@H](CCC(F)(F)F)C1CC1)[C@H](C)c1cnc(OC)c(-c2cn3ccnc3c(OC)n2)c1. The number of methoxy groups -OCH3 is 2. The Kier molecular flexibility index (Phi) is 7.74. The third-order valence-electron chi connectivity index (χ3n) is 6.67. The Balaban J connectivity index is 1.59. The number of fused-ring (bicyclic) bond motifs is 1. The standard InChI is InChI=1S/C25H31F3N6O3/c1-5-34(24(35)32-19(16-6-7-16)8-9-25(26,27)28)15(2)17-12-18(22(36-3)30-13-17)20-14-33-11-10-29-21(33)23(31-20)37-4/h10-16,19H,5-9H2,1-4H3,(H,32,35)/t15-,19+/m1/s1. The summed E-state index contributed by atoms with van der Waals surface area (Å²) in [7, 11) is 3.02. The fourth-order valence-electron chi connectivity index (χ4n) is 4.47. The van der Waals surface area contributed by atoms with Crippen molar-refractivity contribution in [2.24, 2.45) is 5.92 Å². The highest BCUT2D eigenvalue weighted by atomic mass is 19.4. The molecular weight excluding hydrogens is 489 g/mol. The number of hydrogen-bond donors (Lipinski definition) is 1. The quantitative estimate of drug-likeness (QED) is 0.403. The molecule has 200 valence electrons. The molecule has 1 aliphatic rings. The smallest absolute Gasteiger partial charge is 0.389 e. The summed E-state index contributed by atoms with van der Waals surface area (Å²) in [6.45, 7) is 4.04. The first-order valence-electron chi connectivity index (χ1n) is 12.2. The van der Waals surface area contributed by atoms with Gasteiger partial charge < -0.3 is 24.1 Å². The van der Waals surface area contributed by atoms with Crippen molar-refractivity contribution in [1.29, 1.82) is 0 Å². The summed E-state index contributed by atoms with van der Waals surface area (Å²) in [6, 6.07) is 0.534. The van der Waals surface area contributed by atoms with Crippen molar-refractivity contribution in [2.75, 3.05) is 20.8 Å². The second-order valence-corrected chi connectivity index (χ2v) is 9.13. The lowest BCUT2D eigenvalue weighted by Crippen LogP contribution is -2.46. The van der Waals surface area contributed by atoms with E-state index in [1.807, 2.05) is 19.9 Å². The number of rotatable bonds is 10. The first-order valence-corrected chi connectivity index (χ1v) is 12.2. The summed E-state index contributed by atoms with van der Waals surface area (Å²) >= 11 is 0. The molecule has 1 fully saturated rings. The van der Waals surface area contributed by atoms with Crippen LogP contribution in [0.15, 0.2) is 30.9 Å². The molecule has 3 aromatic heterocycles. The van der Waals surface area contributed by atoms with E-state index in [0.717, 1.165) is 18.4 Å². The van der Waals surface area contributed by atoms with Crippen molar-refractivity contribution in [3.8, 4) is 23.0 Å². The predicted octanol–water partition coefficient (Wildman–Crippen LogP) is 5.02. The summed E-state index contributed by atoms with van der Waals surface area (Å²) in [5, 5.41) is 2.86. The van der Waals surface area contributed by atoms with Crippen LogP contribution in [0.2, 0.25) is 0 Å².